The summed E-state index contributed by atoms with van der Waals surface area (Å²) in [7, 11) is 1.84. The number of amides is 1. The van der Waals surface area contributed by atoms with Crippen LogP contribution < -0.4 is 16.7 Å². The van der Waals surface area contributed by atoms with Crippen LogP contribution in [-0.2, 0) is 7.05 Å². The second kappa shape index (κ2) is 6.24. The number of hydrogen-bond donors (Lipinski definition) is 3. The van der Waals surface area contributed by atoms with Crippen LogP contribution in [0.2, 0.25) is 0 Å². The van der Waals surface area contributed by atoms with Crippen molar-refractivity contribution in [3.63, 3.8) is 0 Å². The molecule has 4 N–H and O–H groups in total. The predicted molar refractivity (Wildman–Crippen MR) is 91.4 cm³/mol. The van der Waals surface area contributed by atoms with Crippen LogP contribution in [0.4, 0.5) is 11.6 Å². The second-order valence-corrected chi connectivity index (χ2v) is 5.67. The molecule has 1 amide bonds. The van der Waals surface area contributed by atoms with Crippen LogP contribution in [0, 0.1) is 0 Å². The molecule has 0 atom stereocenters. The molecule has 0 fully saturated rings. The number of nitrogens with two attached hydrogens (primary N) is 1. The minimum Gasteiger partial charge on any atom is -0.382 e. The summed E-state index contributed by atoms with van der Waals surface area (Å²) in [6, 6.07) is 3.67. The quantitative estimate of drug-likeness (QED) is 0.615. The first-order valence-corrected chi connectivity index (χ1v) is 7.55. The fourth-order valence-corrected chi connectivity index (χ4v) is 2.42. The summed E-state index contributed by atoms with van der Waals surface area (Å²) in [5, 5.41) is 2.60. The standard InChI is InChI=1S/C14H12BrN7O2/c1-22-4-2-3-8(22)7-5-18-14(24)21-12(7)20-13(23)10-11(16)17-6-9(15)19-10/h2-6H,1H3,(H2,16,17)(H2,18,20,21,23,24). The summed E-state index contributed by atoms with van der Waals surface area (Å²) in [5.41, 5.74) is 6.36. The number of rotatable bonds is 3. The van der Waals surface area contributed by atoms with Crippen LogP contribution in [0.25, 0.3) is 11.3 Å². The lowest BCUT2D eigenvalue weighted by molar-refractivity contribution is 0.102. The number of aryl methyl sites for hydroxylation is 1. The number of carbonyl (C=O) groups excluding carboxylic acids is 1. The van der Waals surface area contributed by atoms with Gasteiger partial charge in [-0.1, -0.05) is 0 Å². The van der Waals surface area contributed by atoms with E-state index in [1.54, 1.807) is 0 Å². The molecular weight excluding hydrogens is 378 g/mol. The van der Waals surface area contributed by atoms with E-state index in [2.05, 4.69) is 41.2 Å². The molecule has 0 aliphatic carbocycles. The van der Waals surface area contributed by atoms with Gasteiger partial charge in [-0.3, -0.25) is 9.78 Å². The number of nitrogen functional groups attached to an aromatic ring is 1. The van der Waals surface area contributed by atoms with Crippen LogP contribution in [-0.4, -0.2) is 30.4 Å². The summed E-state index contributed by atoms with van der Waals surface area (Å²) in [5.74, 6) is -0.422. The van der Waals surface area contributed by atoms with Crippen molar-refractivity contribution < 1.29 is 4.79 Å². The molecule has 24 heavy (non-hydrogen) atoms. The van der Waals surface area contributed by atoms with E-state index in [-0.39, 0.29) is 17.3 Å². The fraction of sp³-hybridized carbons (Fsp3) is 0.0714. The third-order valence-corrected chi connectivity index (χ3v) is 3.64. The van der Waals surface area contributed by atoms with Gasteiger partial charge in [-0.15, -0.1) is 0 Å². The zero-order valence-corrected chi connectivity index (χ0v) is 14.0. The fourth-order valence-electron chi connectivity index (χ4n) is 2.14. The van der Waals surface area contributed by atoms with Gasteiger partial charge < -0.3 is 15.6 Å². The number of anilines is 2. The lowest BCUT2D eigenvalue weighted by Crippen LogP contribution is -2.21. The van der Waals surface area contributed by atoms with Gasteiger partial charge in [0.1, 0.15) is 10.4 Å². The molecule has 0 aliphatic rings. The number of carbonyl (C=O) groups is 1. The molecule has 3 heterocycles. The normalized spacial score (nSPS) is 10.6. The third-order valence-electron chi connectivity index (χ3n) is 3.26. The van der Waals surface area contributed by atoms with Gasteiger partial charge in [0.25, 0.3) is 5.91 Å². The van der Waals surface area contributed by atoms with Gasteiger partial charge in [0.2, 0.25) is 0 Å². The van der Waals surface area contributed by atoms with E-state index >= 15 is 0 Å². The molecule has 3 rings (SSSR count). The van der Waals surface area contributed by atoms with Crippen LogP contribution in [0.15, 0.2) is 40.1 Å². The van der Waals surface area contributed by atoms with Gasteiger partial charge in [0.15, 0.2) is 11.5 Å². The summed E-state index contributed by atoms with van der Waals surface area (Å²) in [6.07, 6.45) is 4.61. The Morgan fingerprint density at radius 1 is 1.38 bits per heavy atom. The zero-order valence-electron chi connectivity index (χ0n) is 12.4. The van der Waals surface area contributed by atoms with Crippen LogP contribution in [0.5, 0.6) is 0 Å². The summed E-state index contributed by atoms with van der Waals surface area (Å²) >= 11 is 3.14. The highest BCUT2D eigenvalue weighted by Gasteiger charge is 2.17. The number of halogens is 1. The topological polar surface area (TPSA) is 132 Å². The molecule has 0 aliphatic heterocycles. The van der Waals surface area contributed by atoms with Crippen molar-refractivity contribution in [2.24, 2.45) is 7.05 Å². The van der Waals surface area contributed by atoms with Crippen molar-refractivity contribution in [3.05, 3.63) is 51.5 Å². The second-order valence-electron chi connectivity index (χ2n) is 4.86. The number of nitrogens with zero attached hydrogens (tertiary/aromatic N) is 4. The number of hydrogen-bond acceptors (Lipinski definition) is 6. The number of nitrogens with one attached hydrogen (secondary N) is 2. The molecule has 0 aromatic carbocycles. The summed E-state index contributed by atoms with van der Waals surface area (Å²) in [6.45, 7) is 0. The molecule has 0 spiro atoms. The van der Waals surface area contributed by atoms with Gasteiger partial charge in [0, 0.05) is 19.4 Å². The minimum absolute atomic E-state index is 0.0208. The Hall–Kier alpha value is -3.01. The van der Waals surface area contributed by atoms with Crippen LogP contribution in [0.3, 0.4) is 0 Å². The molecule has 3 aromatic rings. The van der Waals surface area contributed by atoms with Crippen molar-refractivity contribution in [2.75, 3.05) is 11.1 Å². The van der Waals surface area contributed by atoms with E-state index in [0.29, 0.717) is 10.2 Å². The first-order valence-electron chi connectivity index (χ1n) is 6.76. The van der Waals surface area contributed by atoms with E-state index in [0.717, 1.165) is 5.69 Å². The van der Waals surface area contributed by atoms with E-state index in [1.165, 1.54) is 12.4 Å². The maximum absolute atomic E-state index is 12.4. The van der Waals surface area contributed by atoms with Crippen LogP contribution >= 0.6 is 15.9 Å². The smallest absolute Gasteiger partial charge is 0.346 e. The Bertz CT molecular complexity index is 979. The van der Waals surface area contributed by atoms with E-state index in [9.17, 15) is 9.59 Å². The molecule has 0 bridgehead atoms. The van der Waals surface area contributed by atoms with E-state index < -0.39 is 11.6 Å². The molecule has 0 saturated carbocycles. The van der Waals surface area contributed by atoms with E-state index in [4.69, 9.17) is 5.73 Å². The first kappa shape index (κ1) is 15.9. The molecule has 9 nitrogen and oxygen atoms in total. The number of aromatic amines is 1. The van der Waals surface area contributed by atoms with Crippen molar-refractivity contribution in [1.29, 1.82) is 0 Å². The predicted octanol–water partition coefficient (Wildman–Crippen LogP) is 1.16. The number of aromatic nitrogens is 5. The average molecular weight is 390 g/mol. The van der Waals surface area contributed by atoms with Crippen molar-refractivity contribution >= 4 is 33.5 Å². The molecule has 3 aromatic heterocycles. The lowest BCUT2D eigenvalue weighted by Gasteiger charge is -2.11. The highest BCUT2D eigenvalue weighted by atomic mass is 79.9. The largest absolute Gasteiger partial charge is 0.382 e. The number of H-pyrrole nitrogens is 1. The van der Waals surface area contributed by atoms with Crippen molar-refractivity contribution in [3.8, 4) is 11.3 Å². The minimum atomic E-state index is -0.599. The zero-order chi connectivity index (χ0) is 17.3. The van der Waals surface area contributed by atoms with Gasteiger partial charge in [-0.25, -0.2) is 19.7 Å². The maximum atomic E-state index is 12.4. The Kier molecular flexibility index (Phi) is 4.13. The molecule has 122 valence electrons. The summed E-state index contributed by atoms with van der Waals surface area (Å²) < 4.78 is 2.20. The highest BCUT2D eigenvalue weighted by molar-refractivity contribution is 9.10. The van der Waals surface area contributed by atoms with Crippen molar-refractivity contribution in [1.82, 2.24) is 24.5 Å². The van der Waals surface area contributed by atoms with Gasteiger partial charge >= 0.3 is 5.69 Å². The molecule has 0 radical (unpaired) electrons. The molecular formula is C14H12BrN7O2. The van der Waals surface area contributed by atoms with Gasteiger partial charge in [-0.05, 0) is 28.1 Å². The Morgan fingerprint density at radius 3 is 2.88 bits per heavy atom. The molecule has 0 unspecified atom stereocenters. The average Bonchev–Trinajstić information content (AvgIpc) is 2.96. The maximum Gasteiger partial charge on any atom is 0.346 e. The van der Waals surface area contributed by atoms with Gasteiger partial charge in [0.05, 0.1) is 17.5 Å². The van der Waals surface area contributed by atoms with Crippen molar-refractivity contribution in [2.45, 2.75) is 0 Å². The van der Waals surface area contributed by atoms with Gasteiger partial charge in [-0.2, -0.15) is 0 Å². The molecule has 10 heteroatoms. The molecule has 0 saturated heterocycles. The SMILES string of the molecule is Cn1cccc1-c1cnc(=O)[nH]c1NC(=O)c1nc(Br)cnc1N. The monoisotopic (exact) mass is 389 g/mol. The lowest BCUT2D eigenvalue weighted by atomic mass is 10.2. The Labute approximate surface area is 144 Å². The van der Waals surface area contributed by atoms with E-state index in [1.807, 2.05) is 29.9 Å². The Morgan fingerprint density at radius 2 is 2.17 bits per heavy atom. The first-order chi connectivity index (χ1) is 11.5. The summed E-state index contributed by atoms with van der Waals surface area (Å²) in [4.78, 5) is 38.1. The third kappa shape index (κ3) is 3.04. The highest BCUT2D eigenvalue weighted by Crippen LogP contribution is 2.25. The Balaban J connectivity index is 2.02. The van der Waals surface area contributed by atoms with Crippen LogP contribution in [0.1, 0.15) is 10.5 Å².